The molecular formula is C22H42N4O2. The highest BCUT2D eigenvalue weighted by atomic mass is 16.1. The summed E-state index contributed by atoms with van der Waals surface area (Å²) in [6.07, 6.45) is 5.39. The molecule has 0 radical (unpaired) electrons. The predicted octanol–water partition coefficient (Wildman–Crippen LogP) is 2.33. The summed E-state index contributed by atoms with van der Waals surface area (Å²) < 4.78 is 0. The van der Waals surface area contributed by atoms with Crippen molar-refractivity contribution < 1.29 is 9.59 Å². The van der Waals surface area contributed by atoms with Gasteiger partial charge in [-0.1, -0.05) is 0 Å². The third kappa shape index (κ3) is 5.26. The van der Waals surface area contributed by atoms with E-state index >= 15 is 0 Å². The van der Waals surface area contributed by atoms with Gasteiger partial charge in [0.1, 0.15) is 0 Å². The Labute approximate surface area is 171 Å². The summed E-state index contributed by atoms with van der Waals surface area (Å²) in [5.74, 6) is 0.511. The summed E-state index contributed by atoms with van der Waals surface area (Å²) >= 11 is 0. The molecular weight excluding hydrogens is 352 g/mol. The minimum absolute atomic E-state index is 0.0403. The molecule has 28 heavy (non-hydrogen) atoms. The van der Waals surface area contributed by atoms with Crippen molar-refractivity contribution in [3.8, 4) is 0 Å². The second-order valence-electron chi connectivity index (χ2n) is 11.8. The fraction of sp³-hybridized carbons (Fsp3) is 0.909. The Morgan fingerprint density at radius 2 is 1.11 bits per heavy atom. The van der Waals surface area contributed by atoms with Gasteiger partial charge in [0.05, 0.1) is 5.54 Å². The zero-order valence-corrected chi connectivity index (χ0v) is 19.2. The second-order valence-corrected chi connectivity index (χ2v) is 11.8. The number of nitrogens with one attached hydrogen (secondary N) is 4. The fourth-order valence-corrected chi connectivity index (χ4v) is 6.60. The summed E-state index contributed by atoms with van der Waals surface area (Å²) in [4.78, 5) is 23.1. The van der Waals surface area contributed by atoms with Gasteiger partial charge in [-0.2, -0.15) is 0 Å². The molecule has 2 aliphatic heterocycles. The van der Waals surface area contributed by atoms with Crippen LogP contribution in [0, 0.1) is 11.8 Å². The third-order valence-corrected chi connectivity index (χ3v) is 6.64. The second kappa shape index (κ2) is 7.60. The Bertz CT molecular complexity index is 513. The van der Waals surface area contributed by atoms with Crippen LogP contribution in [0.1, 0.15) is 81.1 Å². The number of carbonyl (C=O) groups is 2. The standard InChI is InChI=1S/C22H42N4O2/c1-18(2)9-16(10-19(3,4)25-18)22(24-15-28,13-23-14-27)17-11-20(5,6)26-21(7,8)12-17/h14-17,25-26H,9-13H2,1-8H3,(H,23,27)(H,24,28). The first kappa shape index (κ1) is 23.1. The van der Waals surface area contributed by atoms with E-state index in [1.165, 1.54) is 0 Å². The molecule has 0 atom stereocenters. The molecule has 2 aliphatic rings. The monoisotopic (exact) mass is 394 g/mol. The molecule has 6 nitrogen and oxygen atoms in total. The van der Waals surface area contributed by atoms with Crippen molar-refractivity contribution in [2.45, 2.75) is 109 Å². The van der Waals surface area contributed by atoms with E-state index in [0.717, 1.165) is 38.5 Å². The van der Waals surface area contributed by atoms with Crippen LogP contribution in [-0.2, 0) is 9.59 Å². The Hall–Kier alpha value is -1.14. The maximum Gasteiger partial charge on any atom is 0.207 e. The van der Waals surface area contributed by atoms with Crippen molar-refractivity contribution >= 4 is 12.8 Å². The molecule has 2 saturated heterocycles. The third-order valence-electron chi connectivity index (χ3n) is 6.64. The van der Waals surface area contributed by atoms with Crippen LogP contribution in [0.5, 0.6) is 0 Å². The highest BCUT2D eigenvalue weighted by molar-refractivity contribution is 5.50. The maximum absolute atomic E-state index is 11.9. The summed E-state index contributed by atoms with van der Waals surface area (Å²) in [5, 5.41) is 13.7. The topological polar surface area (TPSA) is 82.3 Å². The van der Waals surface area contributed by atoms with Crippen molar-refractivity contribution in [3.63, 3.8) is 0 Å². The molecule has 0 aromatic heterocycles. The number of amides is 2. The van der Waals surface area contributed by atoms with Crippen molar-refractivity contribution in [1.82, 2.24) is 21.3 Å². The lowest BCUT2D eigenvalue weighted by Crippen LogP contribution is -2.72. The number of carbonyl (C=O) groups excluding carboxylic acids is 2. The van der Waals surface area contributed by atoms with Gasteiger partial charge in [0.25, 0.3) is 0 Å². The quantitative estimate of drug-likeness (QED) is 0.500. The van der Waals surface area contributed by atoms with E-state index in [9.17, 15) is 9.59 Å². The van der Waals surface area contributed by atoms with Crippen LogP contribution in [0.15, 0.2) is 0 Å². The molecule has 0 aliphatic carbocycles. The van der Waals surface area contributed by atoms with Crippen LogP contribution < -0.4 is 21.3 Å². The molecule has 0 aromatic rings. The number of hydrogen-bond acceptors (Lipinski definition) is 4. The Balaban J connectivity index is 2.52. The van der Waals surface area contributed by atoms with Crippen LogP contribution in [0.3, 0.4) is 0 Å². The number of piperidine rings is 2. The van der Waals surface area contributed by atoms with Crippen LogP contribution >= 0.6 is 0 Å². The molecule has 0 spiro atoms. The first-order valence-corrected chi connectivity index (χ1v) is 10.6. The molecule has 2 rings (SSSR count). The van der Waals surface area contributed by atoms with E-state index in [2.05, 4.69) is 76.7 Å². The number of rotatable bonds is 7. The van der Waals surface area contributed by atoms with Gasteiger partial charge in [-0.25, -0.2) is 0 Å². The van der Waals surface area contributed by atoms with E-state index in [0.29, 0.717) is 6.54 Å². The lowest BCUT2D eigenvalue weighted by molar-refractivity contribution is -0.117. The zero-order chi connectivity index (χ0) is 21.4. The van der Waals surface area contributed by atoms with Gasteiger partial charge < -0.3 is 21.3 Å². The summed E-state index contributed by atoms with van der Waals surface area (Å²) in [6.45, 7) is 18.3. The van der Waals surface area contributed by atoms with E-state index in [-0.39, 0.29) is 34.0 Å². The van der Waals surface area contributed by atoms with E-state index in [1.807, 2.05) is 0 Å². The SMILES string of the molecule is CC1(C)CC(C(CNC=O)(NC=O)C2CC(C)(C)NC(C)(C)C2)CC(C)(C)N1. The van der Waals surface area contributed by atoms with Gasteiger partial charge in [0.15, 0.2) is 0 Å². The van der Waals surface area contributed by atoms with E-state index in [4.69, 9.17) is 0 Å². The molecule has 0 unspecified atom stereocenters. The minimum Gasteiger partial charge on any atom is -0.356 e. The normalized spacial score (nSPS) is 27.0. The average molecular weight is 395 g/mol. The average Bonchev–Trinajstić information content (AvgIpc) is 2.45. The van der Waals surface area contributed by atoms with Gasteiger partial charge >= 0.3 is 0 Å². The molecule has 2 heterocycles. The summed E-state index contributed by atoms with van der Waals surface area (Å²) in [5.41, 5.74) is -0.638. The molecule has 2 amide bonds. The molecule has 162 valence electrons. The summed E-state index contributed by atoms with van der Waals surface area (Å²) in [7, 11) is 0. The van der Waals surface area contributed by atoms with Crippen molar-refractivity contribution in [1.29, 1.82) is 0 Å². The zero-order valence-electron chi connectivity index (χ0n) is 19.2. The molecule has 6 heteroatoms. The fourth-order valence-electron chi connectivity index (χ4n) is 6.60. The predicted molar refractivity (Wildman–Crippen MR) is 114 cm³/mol. The Morgan fingerprint density at radius 1 is 0.750 bits per heavy atom. The lowest BCUT2D eigenvalue weighted by Gasteiger charge is -2.58. The van der Waals surface area contributed by atoms with Crippen molar-refractivity contribution in [2.75, 3.05) is 6.54 Å². The van der Waals surface area contributed by atoms with Crippen molar-refractivity contribution in [3.05, 3.63) is 0 Å². The van der Waals surface area contributed by atoms with Gasteiger partial charge in [-0.05, 0) is 92.9 Å². The summed E-state index contributed by atoms with van der Waals surface area (Å²) in [6, 6.07) is 0. The van der Waals surface area contributed by atoms with E-state index < -0.39 is 5.54 Å². The van der Waals surface area contributed by atoms with Crippen LogP contribution in [0.4, 0.5) is 0 Å². The van der Waals surface area contributed by atoms with Crippen molar-refractivity contribution in [2.24, 2.45) is 11.8 Å². The Morgan fingerprint density at radius 3 is 1.39 bits per heavy atom. The van der Waals surface area contributed by atoms with Gasteiger partial charge in [-0.15, -0.1) is 0 Å². The van der Waals surface area contributed by atoms with Crippen LogP contribution in [0.2, 0.25) is 0 Å². The lowest BCUT2D eigenvalue weighted by atomic mass is 9.58. The first-order valence-electron chi connectivity index (χ1n) is 10.6. The molecule has 4 N–H and O–H groups in total. The highest BCUT2D eigenvalue weighted by Crippen LogP contribution is 2.47. The van der Waals surface area contributed by atoms with Gasteiger partial charge in [-0.3, -0.25) is 9.59 Å². The minimum atomic E-state index is -0.476. The largest absolute Gasteiger partial charge is 0.356 e. The van der Waals surface area contributed by atoms with Gasteiger partial charge in [0.2, 0.25) is 12.8 Å². The smallest absolute Gasteiger partial charge is 0.207 e. The molecule has 0 bridgehead atoms. The van der Waals surface area contributed by atoms with E-state index in [1.54, 1.807) is 0 Å². The molecule has 2 fully saturated rings. The number of hydrogen-bond donors (Lipinski definition) is 4. The maximum atomic E-state index is 11.9. The molecule has 0 saturated carbocycles. The molecule has 0 aromatic carbocycles. The van der Waals surface area contributed by atoms with Crippen LogP contribution in [-0.4, -0.2) is 47.1 Å². The Kier molecular flexibility index (Phi) is 6.28. The van der Waals surface area contributed by atoms with Gasteiger partial charge in [0, 0.05) is 28.7 Å². The first-order chi connectivity index (χ1) is 12.7. The highest BCUT2D eigenvalue weighted by Gasteiger charge is 2.54. The van der Waals surface area contributed by atoms with Crippen LogP contribution in [0.25, 0.3) is 0 Å².